The van der Waals surface area contributed by atoms with Gasteiger partial charge in [0, 0.05) is 15.9 Å². The highest BCUT2D eigenvalue weighted by atomic mass is 79.9. The molecule has 0 saturated heterocycles. The van der Waals surface area contributed by atoms with Gasteiger partial charge in [0.2, 0.25) is 0 Å². The van der Waals surface area contributed by atoms with E-state index in [-0.39, 0.29) is 0 Å². The van der Waals surface area contributed by atoms with Gasteiger partial charge in [0.05, 0.1) is 0 Å². The topological polar surface area (TPSA) is 20.2 Å². The predicted octanol–water partition coefficient (Wildman–Crippen LogP) is 0.889. The largest absolute Gasteiger partial charge is 0.377 e. The van der Waals surface area contributed by atoms with Crippen LogP contribution in [0.4, 0.5) is 0 Å². The van der Waals surface area contributed by atoms with Crippen LogP contribution in [0, 0.1) is 10.8 Å². The van der Waals surface area contributed by atoms with Crippen LogP contribution in [0.1, 0.15) is 0 Å². The van der Waals surface area contributed by atoms with Gasteiger partial charge in [0.1, 0.15) is 6.10 Å². The molecule has 1 N–H and O–H groups in total. The molecule has 0 aromatic carbocycles. The van der Waals surface area contributed by atoms with Crippen LogP contribution in [-0.2, 0) is 0 Å². The van der Waals surface area contributed by atoms with E-state index in [1.165, 1.54) is 6.08 Å². The molecule has 1 atom stereocenters. The number of aliphatic hydroxyl groups excluding tert-OH is 1. The molecule has 0 heterocycles. The zero-order valence-corrected chi connectivity index (χ0v) is 5.27. The molecule has 0 saturated carbocycles. The summed E-state index contributed by atoms with van der Waals surface area (Å²) < 4.78 is 0. The van der Waals surface area contributed by atoms with E-state index in [0.717, 1.165) is 0 Å². The number of aliphatic hydroxyl groups is 1. The molecular formula is C5H5BrO. The minimum absolute atomic E-state index is 0.695. The molecule has 0 fully saturated rings. The highest BCUT2D eigenvalue weighted by Crippen LogP contribution is 1.79. The third-order valence-corrected chi connectivity index (χ3v) is 0.655. The van der Waals surface area contributed by atoms with E-state index in [2.05, 4.69) is 33.3 Å². The molecule has 0 radical (unpaired) electrons. The zero-order valence-electron chi connectivity index (χ0n) is 3.69. The van der Waals surface area contributed by atoms with Crippen molar-refractivity contribution in [1.29, 1.82) is 0 Å². The molecule has 0 aromatic heterocycles. The first kappa shape index (κ1) is 6.74. The molecule has 0 spiro atoms. The number of rotatable bonds is 1. The Bertz CT molecular complexity index is 109. The van der Waals surface area contributed by atoms with Crippen LogP contribution in [-0.4, -0.2) is 11.2 Å². The van der Waals surface area contributed by atoms with Crippen LogP contribution >= 0.6 is 15.9 Å². The van der Waals surface area contributed by atoms with Gasteiger partial charge in [0.25, 0.3) is 0 Å². The molecule has 2 heteroatoms. The van der Waals surface area contributed by atoms with Gasteiger partial charge in [-0.2, -0.15) is 0 Å². The van der Waals surface area contributed by atoms with E-state index in [1.54, 1.807) is 0 Å². The van der Waals surface area contributed by atoms with Crippen molar-refractivity contribution in [2.24, 2.45) is 0 Å². The first-order chi connectivity index (χ1) is 3.31. The van der Waals surface area contributed by atoms with Crippen LogP contribution in [0.15, 0.2) is 12.7 Å². The van der Waals surface area contributed by atoms with Crippen LogP contribution in [0.2, 0.25) is 0 Å². The van der Waals surface area contributed by atoms with E-state index in [4.69, 9.17) is 5.11 Å². The molecule has 0 amide bonds. The van der Waals surface area contributed by atoms with E-state index in [1.807, 2.05) is 0 Å². The summed E-state index contributed by atoms with van der Waals surface area (Å²) in [7, 11) is 0. The Hall–Kier alpha value is -0.260. The Labute approximate surface area is 51.2 Å². The fourth-order valence-electron chi connectivity index (χ4n) is 0.115. The third-order valence-electron chi connectivity index (χ3n) is 0.426. The first-order valence-electron chi connectivity index (χ1n) is 1.73. The summed E-state index contributed by atoms with van der Waals surface area (Å²) in [5, 5.41) is 8.54. The molecule has 0 aliphatic carbocycles. The summed E-state index contributed by atoms with van der Waals surface area (Å²) in [4.78, 5) is 2.36. The molecule has 0 aromatic rings. The van der Waals surface area contributed by atoms with Crippen LogP contribution in [0.5, 0.6) is 0 Å². The normalized spacial score (nSPS) is 11.1. The van der Waals surface area contributed by atoms with Gasteiger partial charge in [-0.3, -0.25) is 0 Å². The van der Waals surface area contributed by atoms with Gasteiger partial charge in [-0.1, -0.05) is 18.6 Å². The fourth-order valence-corrected chi connectivity index (χ4v) is 0.349. The van der Waals surface area contributed by atoms with Crippen molar-refractivity contribution in [1.82, 2.24) is 0 Å². The van der Waals surface area contributed by atoms with Crippen molar-refractivity contribution in [3.05, 3.63) is 12.7 Å². The van der Waals surface area contributed by atoms with Gasteiger partial charge in [-0.25, -0.2) is 0 Å². The Morgan fingerprint density at radius 1 is 1.86 bits per heavy atom. The van der Waals surface area contributed by atoms with Crippen LogP contribution < -0.4 is 0 Å². The van der Waals surface area contributed by atoms with Crippen molar-refractivity contribution in [3.8, 4) is 10.8 Å². The summed E-state index contributed by atoms with van der Waals surface area (Å²) in [6, 6.07) is 0. The maximum atomic E-state index is 8.54. The number of hydrogen-bond acceptors (Lipinski definition) is 1. The fraction of sp³-hybridized carbons (Fsp3) is 0.200. The van der Waals surface area contributed by atoms with Gasteiger partial charge in [-0.05, 0) is 4.83 Å². The van der Waals surface area contributed by atoms with E-state index < -0.39 is 6.10 Å². The lowest BCUT2D eigenvalue weighted by Crippen LogP contribution is -1.93. The maximum Gasteiger partial charge on any atom is 0.134 e. The lowest BCUT2D eigenvalue weighted by molar-refractivity contribution is 0.281. The second kappa shape index (κ2) is 3.91. The lowest BCUT2D eigenvalue weighted by atomic mass is 10.4. The van der Waals surface area contributed by atoms with Crippen molar-refractivity contribution < 1.29 is 5.11 Å². The summed E-state index contributed by atoms with van der Waals surface area (Å²) in [6.45, 7) is 3.31. The van der Waals surface area contributed by atoms with E-state index in [0.29, 0.717) is 0 Å². The van der Waals surface area contributed by atoms with Crippen molar-refractivity contribution >= 4 is 15.9 Å². The molecule has 0 aliphatic heterocycles. The Morgan fingerprint density at radius 3 is 2.57 bits per heavy atom. The highest BCUT2D eigenvalue weighted by molar-refractivity contribution is 9.12. The smallest absolute Gasteiger partial charge is 0.134 e. The quantitative estimate of drug-likeness (QED) is 0.447. The molecule has 38 valence electrons. The Balaban J connectivity index is 3.49. The van der Waals surface area contributed by atoms with Gasteiger partial charge in [-0.15, -0.1) is 0 Å². The minimum Gasteiger partial charge on any atom is -0.377 e. The Kier molecular flexibility index (Phi) is 3.77. The number of hydrogen-bond donors (Lipinski definition) is 1. The summed E-state index contributed by atoms with van der Waals surface area (Å²) in [6.07, 6.45) is 0.660. The summed E-state index contributed by atoms with van der Waals surface area (Å²) in [5.41, 5.74) is 0. The third kappa shape index (κ3) is 3.57. The van der Waals surface area contributed by atoms with E-state index in [9.17, 15) is 0 Å². The lowest BCUT2D eigenvalue weighted by Gasteiger charge is -1.85. The molecule has 0 unspecified atom stereocenters. The van der Waals surface area contributed by atoms with Crippen molar-refractivity contribution in [3.63, 3.8) is 0 Å². The second-order valence-corrected chi connectivity index (χ2v) is 1.32. The average Bonchev–Trinajstić information content (AvgIpc) is 1.68. The standard InChI is InChI=1S/C5H5BrO/c1-2-5(7)3-4-6/h2,5,7H,1H2/t5-/m1/s1. The van der Waals surface area contributed by atoms with E-state index >= 15 is 0 Å². The van der Waals surface area contributed by atoms with Gasteiger partial charge in [0.15, 0.2) is 0 Å². The monoisotopic (exact) mass is 160 g/mol. The van der Waals surface area contributed by atoms with Crippen molar-refractivity contribution in [2.75, 3.05) is 0 Å². The second-order valence-electron chi connectivity index (χ2n) is 0.919. The van der Waals surface area contributed by atoms with Gasteiger partial charge >= 0.3 is 0 Å². The first-order valence-corrected chi connectivity index (χ1v) is 2.52. The van der Waals surface area contributed by atoms with Gasteiger partial charge < -0.3 is 5.11 Å². The van der Waals surface area contributed by atoms with Crippen LogP contribution in [0.3, 0.4) is 0 Å². The Morgan fingerprint density at radius 2 is 2.43 bits per heavy atom. The summed E-state index contributed by atoms with van der Waals surface area (Å²) >= 11 is 2.82. The van der Waals surface area contributed by atoms with Crippen molar-refractivity contribution in [2.45, 2.75) is 6.10 Å². The minimum atomic E-state index is -0.695. The molecule has 0 rings (SSSR count). The zero-order chi connectivity index (χ0) is 5.70. The predicted molar refractivity (Wildman–Crippen MR) is 32.9 cm³/mol. The summed E-state index contributed by atoms with van der Waals surface area (Å²) in [5.74, 6) is 2.40. The molecule has 0 aliphatic rings. The molecular weight excluding hydrogens is 156 g/mol. The average molecular weight is 161 g/mol. The highest BCUT2D eigenvalue weighted by Gasteiger charge is 1.83. The molecule has 7 heavy (non-hydrogen) atoms. The number of halogens is 1. The molecule has 0 bridgehead atoms. The maximum absolute atomic E-state index is 8.54. The molecule has 1 nitrogen and oxygen atoms in total. The SMILES string of the molecule is C=C[C@@H](O)C#CBr. The van der Waals surface area contributed by atoms with Crippen LogP contribution in [0.25, 0.3) is 0 Å².